The molecular formula is C22H21F3N4O3. The molecule has 32 heavy (non-hydrogen) atoms. The molecule has 1 aromatic carbocycles. The smallest absolute Gasteiger partial charge is 0.433 e. The Balaban J connectivity index is 1.42. The third-order valence-electron chi connectivity index (χ3n) is 5.50. The van der Waals surface area contributed by atoms with Gasteiger partial charge in [0.1, 0.15) is 17.1 Å². The monoisotopic (exact) mass is 446 g/mol. The van der Waals surface area contributed by atoms with E-state index in [1.165, 1.54) is 6.07 Å². The summed E-state index contributed by atoms with van der Waals surface area (Å²) in [6.07, 6.45) is -0.573. The summed E-state index contributed by atoms with van der Waals surface area (Å²) in [6, 6.07) is 6.71. The van der Waals surface area contributed by atoms with Crippen molar-refractivity contribution in [2.45, 2.75) is 25.6 Å². The van der Waals surface area contributed by atoms with Crippen LogP contribution < -0.4 is 10.1 Å². The molecule has 0 unspecified atom stereocenters. The van der Waals surface area contributed by atoms with Crippen molar-refractivity contribution in [2.75, 3.05) is 25.1 Å². The van der Waals surface area contributed by atoms with Gasteiger partial charge in [0.25, 0.3) is 5.91 Å². The Bertz CT molecular complexity index is 1150. The van der Waals surface area contributed by atoms with E-state index in [9.17, 15) is 18.0 Å². The molecule has 5 rings (SSSR count). The topological polar surface area (TPSA) is 78.3 Å². The molecule has 0 spiro atoms. The van der Waals surface area contributed by atoms with Crippen LogP contribution >= 0.6 is 0 Å². The molecule has 0 radical (unpaired) electrons. The second-order valence-corrected chi connectivity index (χ2v) is 8.28. The molecule has 0 atom stereocenters. The van der Waals surface area contributed by atoms with Crippen molar-refractivity contribution in [3.05, 3.63) is 47.9 Å². The first-order valence-electron chi connectivity index (χ1n) is 10.4. The zero-order valence-electron chi connectivity index (χ0n) is 17.1. The molecule has 1 saturated carbocycles. The number of pyridine rings is 1. The summed E-state index contributed by atoms with van der Waals surface area (Å²) >= 11 is 0. The van der Waals surface area contributed by atoms with Crippen LogP contribution in [0.3, 0.4) is 0 Å². The number of amides is 1. The van der Waals surface area contributed by atoms with E-state index in [4.69, 9.17) is 9.47 Å². The number of benzene rings is 1. The third-order valence-corrected chi connectivity index (χ3v) is 5.50. The van der Waals surface area contributed by atoms with Gasteiger partial charge in [-0.25, -0.2) is 4.98 Å². The van der Waals surface area contributed by atoms with Crippen LogP contribution in [0.1, 0.15) is 29.0 Å². The van der Waals surface area contributed by atoms with Crippen molar-refractivity contribution in [1.29, 1.82) is 0 Å². The lowest BCUT2D eigenvalue weighted by Gasteiger charge is -2.25. The molecule has 1 saturated heterocycles. The van der Waals surface area contributed by atoms with Gasteiger partial charge in [0.15, 0.2) is 0 Å². The van der Waals surface area contributed by atoms with Gasteiger partial charge in [-0.2, -0.15) is 18.3 Å². The van der Waals surface area contributed by atoms with E-state index in [1.54, 1.807) is 12.1 Å². The van der Waals surface area contributed by atoms with Crippen molar-refractivity contribution in [3.8, 4) is 5.75 Å². The molecule has 2 aliphatic rings. The molecule has 1 aliphatic heterocycles. The van der Waals surface area contributed by atoms with Crippen LogP contribution in [0.2, 0.25) is 0 Å². The van der Waals surface area contributed by atoms with E-state index < -0.39 is 17.8 Å². The van der Waals surface area contributed by atoms with Crippen molar-refractivity contribution in [1.82, 2.24) is 14.8 Å². The van der Waals surface area contributed by atoms with E-state index >= 15 is 0 Å². The normalized spacial score (nSPS) is 16.7. The summed E-state index contributed by atoms with van der Waals surface area (Å²) in [5.74, 6) is 0.587. The number of halogens is 3. The van der Waals surface area contributed by atoms with Gasteiger partial charge in [-0.05, 0) is 37.0 Å². The van der Waals surface area contributed by atoms with Crippen molar-refractivity contribution in [2.24, 2.45) is 11.8 Å². The van der Waals surface area contributed by atoms with Gasteiger partial charge in [0.2, 0.25) is 0 Å². The number of nitrogens with one attached hydrogen (secondary N) is 1. The number of anilines is 1. The van der Waals surface area contributed by atoms with Crippen LogP contribution in [0.25, 0.3) is 10.9 Å². The van der Waals surface area contributed by atoms with Gasteiger partial charge in [0.05, 0.1) is 31.0 Å². The van der Waals surface area contributed by atoms with Crippen LogP contribution in [0, 0.1) is 11.8 Å². The maximum atomic E-state index is 13.0. The van der Waals surface area contributed by atoms with Crippen LogP contribution in [0.15, 0.2) is 36.5 Å². The fraction of sp³-hybridized carbons (Fsp3) is 0.409. The van der Waals surface area contributed by atoms with Crippen molar-refractivity contribution in [3.63, 3.8) is 0 Å². The lowest BCUT2D eigenvalue weighted by Crippen LogP contribution is -2.31. The highest BCUT2D eigenvalue weighted by atomic mass is 19.4. The molecule has 1 N–H and O–H groups in total. The summed E-state index contributed by atoms with van der Waals surface area (Å²) in [6.45, 7) is 2.65. The predicted molar refractivity (Wildman–Crippen MR) is 109 cm³/mol. The first-order chi connectivity index (χ1) is 15.3. The molecule has 1 amide bonds. The van der Waals surface area contributed by atoms with E-state index in [0.717, 1.165) is 36.9 Å². The van der Waals surface area contributed by atoms with Gasteiger partial charge in [-0.15, -0.1) is 0 Å². The number of hydrogen-bond donors (Lipinski definition) is 1. The summed E-state index contributed by atoms with van der Waals surface area (Å²) in [7, 11) is 0. The Morgan fingerprint density at radius 3 is 2.72 bits per heavy atom. The first kappa shape index (κ1) is 20.7. The number of alkyl halides is 3. The minimum absolute atomic E-state index is 0.325. The number of aromatic nitrogens is 3. The number of fused-ring (bicyclic) bond motifs is 1. The van der Waals surface area contributed by atoms with Crippen molar-refractivity contribution < 1.29 is 27.4 Å². The highest BCUT2D eigenvalue weighted by molar-refractivity contribution is 6.05. The van der Waals surface area contributed by atoms with Crippen LogP contribution in [-0.4, -0.2) is 40.5 Å². The predicted octanol–water partition coefficient (Wildman–Crippen LogP) is 4.14. The summed E-state index contributed by atoms with van der Waals surface area (Å²) < 4.78 is 51.9. The van der Waals surface area contributed by atoms with Gasteiger partial charge < -0.3 is 14.8 Å². The molecule has 3 heterocycles. The molecular weight excluding hydrogens is 425 g/mol. The number of rotatable bonds is 7. The molecule has 0 bridgehead atoms. The summed E-state index contributed by atoms with van der Waals surface area (Å²) in [5.41, 5.74) is -0.360. The van der Waals surface area contributed by atoms with Crippen LogP contribution in [-0.2, 0) is 17.5 Å². The average Bonchev–Trinajstić information content (AvgIpc) is 3.47. The molecule has 168 valence electrons. The molecule has 2 fully saturated rings. The lowest BCUT2D eigenvalue weighted by molar-refractivity contribution is -0.141. The third kappa shape index (κ3) is 4.55. The zero-order chi connectivity index (χ0) is 22.3. The minimum Gasteiger partial charge on any atom is -0.491 e. The Morgan fingerprint density at radius 1 is 1.22 bits per heavy atom. The summed E-state index contributed by atoms with van der Waals surface area (Å²) in [4.78, 5) is 16.2. The molecule has 7 nitrogen and oxygen atoms in total. The van der Waals surface area contributed by atoms with E-state index in [2.05, 4.69) is 15.4 Å². The van der Waals surface area contributed by atoms with Gasteiger partial charge >= 0.3 is 6.18 Å². The number of carbonyl (C=O) groups is 1. The summed E-state index contributed by atoms with van der Waals surface area (Å²) in [5, 5.41) is 8.04. The van der Waals surface area contributed by atoms with E-state index in [0.29, 0.717) is 48.6 Å². The lowest BCUT2D eigenvalue weighted by atomic mass is 10.1. The number of carbonyl (C=O) groups excluding carboxylic acids is 1. The Hall–Kier alpha value is -3.14. The van der Waals surface area contributed by atoms with E-state index in [-0.39, 0.29) is 5.69 Å². The van der Waals surface area contributed by atoms with Crippen LogP contribution in [0.4, 0.5) is 18.9 Å². The molecule has 3 aromatic rings. The van der Waals surface area contributed by atoms with Crippen molar-refractivity contribution >= 4 is 22.5 Å². The number of nitrogens with zero attached hydrogens (tertiary/aromatic N) is 3. The quantitative estimate of drug-likeness (QED) is 0.590. The first-order valence-corrected chi connectivity index (χ1v) is 10.4. The number of ether oxygens (including phenoxy) is 2. The highest BCUT2D eigenvalue weighted by Crippen LogP contribution is 2.35. The zero-order valence-corrected chi connectivity index (χ0v) is 17.1. The van der Waals surface area contributed by atoms with Gasteiger partial charge in [-0.1, -0.05) is 6.07 Å². The van der Waals surface area contributed by atoms with E-state index in [1.807, 2.05) is 10.9 Å². The highest BCUT2D eigenvalue weighted by Gasteiger charge is 2.33. The largest absolute Gasteiger partial charge is 0.491 e. The molecule has 1 aliphatic carbocycles. The molecule has 2 aromatic heterocycles. The Labute approximate surface area is 181 Å². The fourth-order valence-corrected chi connectivity index (χ4v) is 3.47. The second-order valence-electron chi connectivity index (χ2n) is 8.28. The Morgan fingerprint density at radius 2 is 2.03 bits per heavy atom. The fourth-order valence-electron chi connectivity index (χ4n) is 3.47. The van der Waals surface area contributed by atoms with Gasteiger partial charge in [-0.3, -0.25) is 9.48 Å². The average molecular weight is 446 g/mol. The van der Waals surface area contributed by atoms with Gasteiger partial charge in [0, 0.05) is 30.1 Å². The second kappa shape index (κ2) is 8.09. The Kier molecular flexibility index (Phi) is 5.24. The SMILES string of the molecule is O=C(Nc1cc2cn(CC3COC3)nc2cc1OCC1CC1)c1cccc(C(F)(F)F)n1. The molecule has 10 heteroatoms. The maximum Gasteiger partial charge on any atom is 0.433 e. The maximum absolute atomic E-state index is 13.0. The standard InChI is InChI=1S/C22H21F3N4O3/c23-22(24,25)20-3-1-2-16(26-20)21(30)27-18-6-15-9-29(8-14-10-31-11-14)28-17(15)7-19(18)32-12-13-4-5-13/h1-3,6-7,9,13-14H,4-5,8,10-12H2,(H,27,30). The minimum atomic E-state index is -4.63. The number of hydrogen-bond acceptors (Lipinski definition) is 5. The van der Waals surface area contributed by atoms with Crippen LogP contribution in [0.5, 0.6) is 5.75 Å².